The van der Waals surface area contributed by atoms with Gasteiger partial charge in [-0.2, -0.15) is 11.8 Å². The number of methoxy groups -OCH3 is 1. The van der Waals surface area contributed by atoms with Crippen molar-refractivity contribution in [3.63, 3.8) is 0 Å². The van der Waals surface area contributed by atoms with Gasteiger partial charge in [-0.15, -0.1) is 0 Å². The van der Waals surface area contributed by atoms with Gasteiger partial charge in [0.25, 0.3) is 5.91 Å². The molecule has 0 unspecified atom stereocenters. The highest BCUT2D eigenvalue weighted by Crippen LogP contribution is 2.16. The molecule has 1 saturated heterocycles. The number of amides is 2. The average molecular weight is 456 g/mol. The van der Waals surface area contributed by atoms with E-state index in [-0.39, 0.29) is 30.7 Å². The predicted octanol–water partition coefficient (Wildman–Crippen LogP) is 2.88. The molecule has 2 aromatic rings. The molecule has 0 spiro atoms. The second-order valence-electron chi connectivity index (χ2n) is 7.56. The number of rotatable bonds is 9. The summed E-state index contributed by atoms with van der Waals surface area (Å²) in [5.41, 5.74) is 2.21. The Balaban J connectivity index is 1.61. The lowest BCUT2D eigenvalue weighted by molar-refractivity contribution is -0.141. The van der Waals surface area contributed by atoms with Crippen molar-refractivity contribution in [2.45, 2.75) is 13.0 Å². The molecule has 0 saturated carbocycles. The first-order chi connectivity index (χ1) is 15.5. The topological polar surface area (TPSA) is 79.0 Å². The molecule has 8 heteroatoms. The molecule has 3 rings (SSSR count). The number of nitrogens with zero attached hydrogens (tertiary/aromatic N) is 2. The minimum absolute atomic E-state index is 0.00909. The maximum Gasteiger partial charge on any atom is 0.306 e. The van der Waals surface area contributed by atoms with Crippen LogP contribution in [0.4, 0.5) is 5.69 Å². The lowest BCUT2D eigenvalue weighted by Gasteiger charge is -2.26. The summed E-state index contributed by atoms with van der Waals surface area (Å²) in [4.78, 5) is 40.8. The number of carbonyl (C=O) groups is 3. The molecule has 0 aliphatic carbocycles. The van der Waals surface area contributed by atoms with Crippen molar-refractivity contribution in [2.24, 2.45) is 0 Å². The molecule has 0 aromatic heterocycles. The fourth-order valence-electron chi connectivity index (χ4n) is 3.49. The maximum absolute atomic E-state index is 12.7. The summed E-state index contributed by atoms with van der Waals surface area (Å²) < 4.78 is 4.73. The number of thioether (sulfide) groups is 1. The Morgan fingerprint density at radius 2 is 1.81 bits per heavy atom. The molecule has 0 atom stereocenters. The van der Waals surface area contributed by atoms with Crippen LogP contribution in [0, 0.1) is 0 Å². The van der Waals surface area contributed by atoms with Crippen LogP contribution in [-0.4, -0.2) is 72.4 Å². The van der Waals surface area contributed by atoms with Gasteiger partial charge in [-0.3, -0.25) is 19.3 Å². The molecule has 1 aliphatic rings. The monoisotopic (exact) mass is 455 g/mol. The van der Waals surface area contributed by atoms with Crippen LogP contribution in [0.25, 0.3) is 0 Å². The van der Waals surface area contributed by atoms with E-state index in [1.54, 1.807) is 24.3 Å². The van der Waals surface area contributed by atoms with Gasteiger partial charge in [0.2, 0.25) is 5.91 Å². The number of hydrogen-bond acceptors (Lipinski definition) is 6. The predicted molar refractivity (Wildman–Crippen MR) is 127 cm³/mol. The molecule has 170 valence electrons. The van der Waals surface area contributed by atoms with Crippen LogP contribution in [0.2, 0.25) is 0 Å². The number of nitrogens with one attached hydrogen (secondary N) is 1. The molecular weight excluding hydrogens is 426 g/mol. The molecule has 0 radical (unpaired) electrons. The van der Waals surface area contributed by atoms with Gasteiger partial charge in [0.15, 0.2) is 0 Å². The molecule has 2 amide bonds. The van der Waals surface area contributed by atoms with E-state index < -0.39 is 0 Å². The molecule has 1 fully saturated rings. The number of ether oxygens (including phenoxy) is 1. The smallest absolute Gasteiger partial charge is 0.306 e. The van der Waals surface area contributed by atoms with E-state index in [0.717, 1.165) is 30.2 Å². The SMILES string of the molecule is COC(=O)CCN(CC(=O)Nc1cccc(C(=O)N2CCSCC2)c1)Cc1ccccc1. The highest BCUT2D eigenvalue weighted by molar-refractivity contribution is 7.99. The van der Waals surface area contributed by atoms with Crippen LogP contribution in [0.15, 0.2) is 54.6 Å². The van der Waals surface area contributed by atoms with Crippen molar-refractivity contribution in [3.05, 3.63) is 65.7 Å². The lowest BCUT2D eigenvalue weighted by atomic mass is 10.1. The van der Waals surface area contributed by atoms with Gasteiger partial charge in [0, 0.05) is 48.9 Å². The second kappa shape index (κ2) is 12.3. The van der Waals surface area contributed by atoms with Crippen molar-refractivity contribution in [1.29, 1.82) is 0 Å². The molecule has 32 heavy (non-hydrogen) atoms. The largest absolute Gasteiger partial charge is 0.469 e. The van der Waals surface area contributed by atoms with Crippen molar-refractivity contribution < 1.29 is 19.1 Å². The zero-order valence-electron chi connectivity index (χ0n) is 18.3. The second-order valence-corrected chi connectivity index (χ2v) is 8.78. The summed E-state index contributed by atoms with van der Waals surface area (Å²) in [6.07, 6.45) is 0.203. The van der Waals surface area contributed by atoms with Crippen LogP contribution < -0.4 is 5.32 Å². The van der Waals surface area contributed by atoms with Crippen LogP contribution in [-0.2, 0) is 20.9 Å². The summed E-state index contributed by atoms with van der Waals surface area (Å²) >= 11 is 1.85. The number of carbonyl (C=O) groups excluding carboxylic acids is 3. The summed E-state index contributed by atoms with van der Waals surface area (Å²) in [6, 6.07) is 16.8. The first-order valence-corrected chi connectivity index (χ1v) is 11.8. The molecule has 7 nitrogen and oxygen atoms in total. The van der Waals surface area contributed by atoms with E-state index in [4.69, 9.17) is 4.74 Å². The van der Waals surface area contributed by atoms with Crippen molar-refractivity contribution in [1.82, 2.24) is 9.80 Å². The minimum atomic E-state index is -0.314. The van der Waals surface area contributed by atoms with Crippen molar-refractivity contribution >= 4 is 35.2 Å². The molecule has 1 heterocycles. The molecule has 1 aliphatic heterocycles. The van der Waals surface area contributed by atoms with E-state index in [1.807, 2.05) is 51.9 Å². The van der Waals surface area contributed by atoms with Crippen LogP contribution in [0.1, 0.15) is 22.3 Å². The first kappa shape index (κ1) is 23.8. The molecule has 1 N–H and O–H groups in total. The Bertz CT molecular complexity index is 916. The average Bonchev–Trinajstić information content (AvgIpc) is 2.83. The summed E-state index contributed by atoms with van der Waals surface area (Å²) in [5, 5.41) is 2.89. The van der Waals surface area contributed by atoms with Crippen LogP contribution in [0.5, 0.6) is 0 Å². The normalized spacial score (nSPS) is 13.6. The highest BCUT2D eigenvalue weighted by atomic mass is 32.2. The highest BCUT2D eigenvalue weighted by Gasteiger charge is 2.19. The summed E-state index contributed by atoms with van der Waals surface area (Å²) in [5.74, 6) is 1.37. The number of benzene rings is 2. The van der Waals surface area contributed by atoms with Crippen molar-refractivity contribution in [2.75, 3.05) is 50.1 Å². The minimum Gasteiger partial charge on any atom is -0.469 e. The van der Waals surface area contributed by atoms with E-state index in [2.05, 4.69) is 5.32 Å². The number of hydrogen-bond donors (Lipinski definition) is 1. The van der Waals surface area contributed by atoms with Gasteiger partial charge in [0.1, 0.15) is 0 Å². The standard InChI is InChI=1S/C24H29N3O4S/c1-31-23(29)10-11-26(17-19-6-3-2-4-7-19)18-22(28)25-21-9-5-8-20(16-21)24(30)27-12-14-32-15-13-27/h2-9,16H,10-15,17-18H2,1H3,(H,25,28). The Labute approximate surface area is 193 Å². The third kappa shape index (κ3) is 7.39. The Kier molecular flexibility index (Phi) is 9.13. The van der Waals surface area contributed by atoms with E-state index in [9.17, 15) is 14.4 Å². The van der Waals surface area contributed by atoms with Gasteiger partial charge >= 0.3 is 5.97 Å². The fourth-order valence-corrected chi connectivity index (χ4v) is 4.39. The number of esters is 1. The first-order valence-electron chi connectivity index (χ1n) is 10.6. The molecule has 0 bridgehead atoms. The van der Waals surface area contributed by atoms with Crippen LogP contribution in [0.3, 0.4) is 0 Å². The van der Waals surface area contributed by atoms with Gasteiger partial charge in [-0.25, -0.2) is 0 Å². The summed E-state index contributed by atoms with van der Waals surface area (Å²) in [7, 11) is 1.35. The quantitative estimate of drug-likeness (QED) is 0.586. The summed E-state index contributed by atoms with van der Waals surface area (Å²) in [6.45, 7) is 2.55. The van der Waals surface area contributed by atoms with Crippen LogP contribution >= 0.6 is 11.8 Å². The maximum atomic E-state index is 12.7. The van der Waals surface area contributed by atoms with Gasteiger partial charge in [-0.05, 0) is 23.8 Å². The Morgan fingerprint density at radius 1 is 1.06 bits per heavy atom. The third-order valence-electron chi connectivity index (χ3n) is 5.17. The van der Waals surface area contributed by atoms with E-state index >= 15 is 0 Å². The van der Waals surface area contributed by atoms with Gasteiger partial charge in [-0.1, -0.05) is 36.4 Å². The zero-order chi connectivity index (χ0) is 22.8. The Morgan fingerprint density at radius 3 is 2.53 bits per heavy atom. The lowest BCUT2D eigenvalue weighted by Crippen LogP contribution is -2.38. The van der Waals surface area contributed by atoms with E-state index in [0.29, 0.717) is 24.3 Å². The number of anilines is 1. The van der Waals surface area contributed by atoms with E-state index in [1.165, 1.54) is 7.11 Å². The zero-order valence-corrected chi connectivity index (χ0v) is 19.1. The van der Waals surface area contributed by atoms with Gasteiger partial charge < -0.3 is 15.0 Å². The molecular formula is C24H29N3O4S. The molecule has 2 aromatic carbocycles. The fraction of sp³-hybridized carbons (Fsp3) is 0.375. The van der Waals surface area contributed by atoms with Crippen molar-refractivity contribution in [3.8, 4) is 0 Å². The third-order valence-corrected chi connectivity index (χ3v) is 6.11. The Hall–Kier alpha value is -2.84. The van der Waals surface area contributed by atoms with Gasteiger partial charge in [0.05, 0.1) is 20.1 Å².